The standard InChI is InChI=1S/C16H14F3NO/c17-16(18,19)14-8-6-13(7-9-14)11-20-15(21)10-12-4-2-1-3-5-12/h1-9H,10-11H2,(H,20,21). The van der Waals surface area contributed by atoms with Crippen LogP contribution in [0, 0.1) is 0 Å². The van der Waals surface area contributed by atoms with E-state index in [9.17, 15) is 18.0 Å². The maximum atomic E-state index is 12.4. The number of nitrogens with one attached hydrogen (secondary N) is 1. The quantitative estimate of drug-likeness (QED) is 0.917. The lowest BCUT2D eigenvalue weighted by Gasteiger charge is -2.08. The van der Waals surface area contributed by atoms with Crippen LogP contribution in [0.5, 0.6) is 0 Å². The van der Waals surface area contributed by atoms with Crippen molar-refractivity contribution in [3.05, 3.63) is 71.3 Å². The number of amides is 1. The van der Waals surface area contributed by atoms with Crippen molar-refractivity contribution in [1.29, 1.82) is 0 Å². The van der Waals surface area contributed by atoms with E-state index in [-0.39, 0.29) is 18.9 Å². The molecule has 0 atom stereocenters. The van der Waals surface area contributed by atoms with E-state index in [0.29, 0.717) is 5.56 Å². The highest BCUT2D eigenvalue weighted by Gasteiger charge is 2.29. The summed E-state index contributed by atoms with van der Waals surface area (Å²) in [6, 6.07) is 14.0. The van der Waals surface area contributed by atoms with E-state index in [4.69, 9.17) is 0 Å². The molecule has 0 spiro atoms. The minimum Gasteiger partial charge on any atom is -0.352 e. The molecule has 0 unspecified atom stereocenters. The summed E-state index contributed by atoms with van der Waals surface area (Å²) < 4.78 is 37.2. The summed E-state index contributed by atoms with van der Waals surface area (Å²) in [5.41, 5.74) is 0.827. The number of benzene rings is 2. The molecule has 0 aromatic heterocycles. The zero-order chi connectivity index (χ0) is 15.3. The van der Waals surface area contributed by atoms with Crippen LogP contribution < -0.4 is 5.32 Å². The van der Waals surface area contributed by atoms with Gasteiger partial charge in [-0.25, -0.2) is 0 Å². The first-order valence-electron chi connectivity index (χ1n) is 6.42. The van der Waals surface area contributed by atoms with Crippen LogP contribution in [-0.2, 0) is 23.9 Å². The maximum Gasteiger partial charge on any atom is 0.416 e. The Kier molecular flexibility index (Phi) is 4.62. The van der Waals surface area contributed by atoms with Crippen molar-refractivity contribution in [3.8, 4) is 0 Å². The molecule has 0 saturated heterocycles. The predicted octanol–water partition coefficient (Wildman–Crippen LogP) is 3.56. The topological polar surface area (TPSA) is 29.1 Å². The normalized spacial score (nSPS) is 11.2. The molecule has 2 rings (SSSR count). The molecular formula is C16H14F3NO. The number of alkyl halides is 3. The number of hydrogen-bond acceptors (Lipinski definition) is 1. The number of carbonyl (C=O) groups excluding carboxylic acids is 1. The Bertz CT molecular complexity index is 591. The third kappa shape index (κ3) is 4.63. The molecule has 2 aromatic carbocycles. The molecule has 21 heavy (non-hydrogen) atoms. The Labute approximate surface area is 120 Å². The van der Waals surface area contributed by atoms with Crippen LogP contribution in [-0.4, -0.2) is 5.91 Å². The molecule has 1 amide bonds. The molecule has 0 fully saturated rings. The molecule has 0 bridgehead atoms. The summed E-state index contributed by atoms with van der Waals surface area (Å²) in [6.45, 7) is 0.212. The molecule has 1 N–H and O–H groups in total. The fourth-order valence-corrected chi connectivity index (χ4v) is 1.86. The van der Waals surface area contributed by atoms with Crippen LogP contribution in [0.1, 0.15) is 16.7 Å². The second-order valence-corrected chi connectivity index (χ2v) is 4.63. The lowest BCUT2D eigenvalue weighted by molar-refractivity contribution is -0.137. The molecule has 0 radical (unpaired) electrons. The van der Waals surface area contributed by atoms with E-state index in [2.05, 4.69) is 5.32 Å². The van der Waals surface area contributed by atoms with Crippen molar-refractivity contribution in [2.45, 2.75) is 19.1 Å². The van der Waals surface area contributed by atoms with Crippen LogP contribution in [0.15, 0.2) is 54.6 Å². The molecule has 0 aliphatic carbocycles. The molecular weight excluding hydrogens is 279 g/mol. The number of carbonyl (C=O) groups is 1. The van der Waals surface area contributed by atoms with E-state index >= 15 is 0 Å². The van der Waals surface area contributed by atoms with Gasteiger partial charge in [-0.15, -0.1) is 0 Å². The first-order chi connectivity index (χ1) is 9.95. The molecule has 0 heterocycles. The lowest BCUT2D eigenvalue weighted by Crippen LogP contribution is -2.24. The monoisotopic (exact) mass is 293 g/mol. The number of halogens is 3. The van der Waals surface area contributed by atoms with Gasteiger partial charge in [0.15, 0.2) is 0 Å². The van der Waals surface area contributed by atoms with Crippen molar-refractivity contribution >= 4 is 5.91 Å². The van der Waals surface area contributed by atoms with Gasteiger partial charge in [0.1, 0.15) is 0 Å². The predicted molar refractivity (Wildman–Crippen MR) is 73.4 cm³/mol. The second kappa shape index (κ2) is 6.43. The van der Waals surface area contributed by atoms with Gasteiger partial charge in [-0.3, -0.25) is 4.79 Å². The largest absolute Gasteiger partial charge is 0.416 e. The first kappa shape index (κ1) is 15.1. The van der Waals surface area contributed by atoms with Gasteiger partial charge >= 0.3 is 6.18 Å². The van der Waals surface area contributed by atoms with Gasteiger partial charge in [-0.1, -0.05) is 42.5 Å². The maximum absolute atomic E-state index is 12.4. The van der Waals surface area contributed by atoms with Crippen molar-refractivity contribution in [1.82, 2.24) is 5.32 Å². The smallest absolute Gasteiger partial charge is 0.352 e. The Morgan fingerprint density at radius 3 is 2.10 bits per heavy atom. The van der Waals surface area contributed by atoms with E-state index in [1.807, 2.05) is 30.3 Å². The lowest BCUT2D eigenvalue weighted by atomic mass is 10.1. The fraction of sp³-hybridized carbons (Fsp3) is 0.188. The van der Waals surface area contributed by atoms with E-state index in [0.717, 1.165) is 17.7 Å². The number of hydrogen-bond donors (Lipinski definition) is 1. The van der Waals surface area contributed by atoms with Crippen molar-refractivity contribution in [2.75, 3.05) is 0 Å². The van der Waals surface area contributed by atoms with Crippen LogP contribution in [0.2, 0.25) is 0 Å². The zero-order valence-electron chi connectivity index (χ0n) is 11.2. The van der Waals surface area contributed by atoms with Gasteiger partial charge in [0, 0.05) is 6.54 Å². The van der Waals surface area contributed by atoms with E-state index in [1.165, 1.54) is 12.1 Å². The SMILES string of the molecule is O=C(Cc1ccccc1)NCc1ccc(C(F)(F)F)cc1. The average molecular weight is 293 g/mol. The Hall–Kier alpha value is -2.30. The Morgan fingerprint density at radius 1 is 0.905 bits per heavy atom. The van der Waals surface area contributed by atoms with Crippen molar-refractivity contribution in [3.63, 3.8) is 0 Å². The minimum absolute atomic E-state index is 0.166. The Balaban J connectivity index is 1.87. The highest BCUT2D eigenvalue weighted by molar-refractivity contribution is 5.78. The van der Waals surface area contributed by atoms with E-state index in [1.54, 1.807) is 0 Å². The first-order valence-corrected chi connectivity index (χ1v) is 6.42. The third-order valence-corrected chi connectivity index (χ3v) is 2.98. The molecule has 0 saturated carbocycles. The summed E-state index contributed by atoms with van der Waals surface area (Å²) in [5.74, 6) is -0.166. The molecule has 0 aliphatic heterocycles. The molecule has 2 nitrogen and oxygen atoms in total. The summed E-state index contributed by atoms with van der Waals surface area (Å²) in [5, 5.41) is 2.69. The van der Waals surface area contributed by atoms with Gasteiger partial charge < -0.3 is 5.32 Å². The van der Waals surface area contributed by atoms with Gasteiger partial charge in [-0.05, 0) is 23.3 Å². The highest BCUT2D eigenvalue weighted by Crippen LogP contribution is 2.28. The van der Waals surface area contributed by atoms with Gasteiger partial charge in [-0.2, -0.15) is 13.2 Å². The average Bonchev–Trinajstić information content (AvgIpc) is 2.46. The summed E-state index contributed by atoms with van der Waals surface area (Å²) in [6.07, 6.45) is -4.09. The third-order valence-electron chi connectivity index (χ3n) is 2.98. The molecule has 2 aromatic rings. The molecule has 110 valence electrons. The highest BCUT2D eigenvalue weighted by atomic mass is 19.4. The zero-order valence-corrected chi connectivity index (χ0v) is 11.2. The van der Waals surface area contributed by atoms with Crippen LogP contribution in [0.3, 0.4) is 0 Å². The minimum atomic E-state index is -4.34. The second-order valence-electron chi connectivity index (χ2n) is 4.63. The Morgan fingerprint density at radius 2 is 1.52 bits per heavy atom. The number of rotatable bonds is 4. The van der Waals surface area contributed by atoms with Crippen molar-refractivity contribution < 1.29 is 18.0 Å². The van der Waals surface area contributed by atoms with E-state index < -0.39 is 11.7 Å². The molecule has 5 heteroatoms. The van der Waals surface area contributed by atoms with Gasteiger partial charge in [0.25, 0.3) is 0 Å². The van der Waals surface area contributed by atoms with Gasteiger partial charge in [0.05, 0.1) is 12.0 Å². The molecule has 0 aliphatic rings. The van der Waals surface area contributed by atoms with Crippen molar-refractivity contribution in [2.24, 2.45) is 0 Å². The van der Waals surface area contributed by atoms with Crippen LogP contribution >= 0.6 is 0 Å². The van der Waals surface area contributed by atoms with Gasteiger partial charge in [0.2, 0.25) is 5.91 Å². The summed E-state index contributed by atoms with van der Waals surface area (Å²) >= 11 is 0. The fourth-order valence-electron chi connectivity index (χ4n) is 1.86. The summed E-state index contributed by atoms with van der Waals surface area (Å²) in [7, 11) is 0. The van der Waals surface area contributed by atoms with Crippen LogP contribution in [0.25, 0.3) is 0 Å². The van der Waals surface area contributed by atoms with Crippen LogP contribution in [0.4, 0.5) is 13.2 Å². The summed E-state index contributed by atoms with van der Waals surface area (Å²) in [4.78, 5) is 11.7.